The van der Waals surface area contributed by atoms with Crippen LogP contribution < -0.4 is 130 Å². The number of aliphatic hydroxyl groups is 1. The molecule has 54 heteroatoms. The van der Waals surface area contributed by atoms with Gasteiger partial charge in [0.05, 0.1) is 44.1 Å². The minimum absolute atomic E-state index is 0.00243. The number of carbonyl (C=O) groups excluding carboxylic acids is 15. The second-order valence-electron chi connectivity index (χ2n) is 36.0. The Morgan fingerprint density at radius 2 is 0.762 bits per heavy atom. The molecule has 5 rings (SSSR count). The lowest BCUT2D eigenvalue weighted by Crippen LogP contribution is -2.62. The third-order valence-electron chi connectivity index (χ3n) is 22.9. The number of phenols is 1. The van der Waals surface area contributed by atoms with Crippen LogP contribution in [0.1, 0.15) is 154 Å². The number of H-pyrrole nitrogens is 2. The molecular formula is C93H141N31O23. The van der Waals surface area contributed by atoms with Crippen LogP contribution in [0.4, 0.5) is 0 Å². The minimum Gasteiger partial charge on any atom is -0.508 e. The molecule has 54 nitrogen and oxygen atoms in total. The van der Waals surface area contributed by atoms with Crippen LogP contribution in [-0.2, 0) is 112 Å². The summed E-state index contributed by atoms with van der Waals surface area (Å²) >= 11 is 0. The van der Waals surface area contributed by atoms with E-state index in [-0.39, 0.29) is 139 Å². The van der Waals surface area contributed by atoms with Crippen molar-refractivity contribution in [2.45, 2.75) is 248 Å². The molecule has 3 aromatic carbocycles. The number of aliphatic hydroxyl groups excluding tert-OH is 1. The smallest absolute Gasteiger partial charge is 0.325 e. The summed E-state index contributed by atoms with van der Waals surface area (Å²) in [6.45, 7) is 9.11. The van der Waals surface area contributed by atoms with E-state index in [4.69, 9.17) is 50.3 Å². The van der Waals surface area contributed by atoms with E-state index in [1.165, 1.54) is 36.8 Å². The Balaban J connectivity index is 1.41. The maximum atomic E-state index is 15.3. The topological polar surface area (TPSA) is 907 Å². The summed E-state index contributed by atoms with van der Waals surface area (Å²) in [6.07, 6.45) is 0.392. The molecule has 40 N–H and O–H groups in total. The fourth-order valence-corrected chi connectivity index (χ4v) is 15.0. The lowest BCUT2D eigenvalue weighted by atomic mass is 9.96. The van der Waals surface area contributed by atoms with E-state index in [2.05, 4.69) is 116 Å². The molecule has 0 aliphatic carbocycles. The predicted molar refractivity (Wildman–Crippen MR) is 534 cm³/mol. The number of para-hydroxylation sites is 1. The van der Waals surface area contributed by atoms with Crippen LogP contribution in [0.2, 0.25) is 0 Å². The summed E-state index contributed by atoms with van der Waals surface area (Å²) in [7, 11) is 0. The van der Waals surface area contributed by atoms with Crippen molar-refractivity contribution in [3.63, 3.8) is 0 Å². The number of guanidine groups is 4. The van der Waals surface area contributed by atoms with E-state index in [0.29, 0.717) is 28.5 Å². The number of nitrogens with zero attached hydrogens (tertiary/aromatic N) is 1. The van der Waals surface area contributed by atoms with Crippen molar-refractivity contribution in [1.82, 2.24) is 116 Å². The molecule has 0 saturated heterocycles. The van der Waals surface area contributed by atoms with Gasteiger partial charge in [0, 0.05) is 75.2 Å². The molecule has 806 valence electrons. The number of aliphatic carboxylic acids is 3. The van der Waals surface area contributed by atoms with E-state index in [1.54, 1.807) is 102 Å². The number of nitrogens with two attached hydrogens (primary N) is 5. The first-order valence-corrected chi connectivity index (χ1v) is 47.8. The Morgan fingerprint density at radius 1 is 0.388 bits per heavy atom. The normalized spacial score (nSPS) is 14.3. The molecular weight excluding hydrogens is 1920 g/mol. The number of aromatic nitrogens is 3. The summed E-state index contributed by atoms with van der Waals surface area (Å²) in [4.78, 5) is 264. The van der Waals surface area contributed by atoms with Crippen LogP contribution >= 0.6 is 0 Å². The maximum Gasteiger partial charge on any atom is 0.325 e. The highest BCUT2D eigenvalue weighted by molar-refractivity contribution is 6.02. The van der Waals surface area contributed by atoms with Crippen LogP contribution in [-0.4, -0.2) is 301 Å². The second kappa shape index (κ2) is 62.3. The van der Waals surface area contributed by atoms with Gasteiger partial charge in [-0.05, 0) is 124 Å². The number of aromatic hydroxyl groups is 1. The number of imidazole rings is 1. The monoisotopic (exact) mass is 2060 g/mol. The zero-order valence-electron chi connectivity index (χ0n) is 82.8. The van der Waals surface area contributed by atoms with Crippen molar-refractivity contribution >= 4 is 141 Å². The molecule has 16 unspecified atom stereocenters. The van der Waals surface area contributed by atoms with Gasteiger partial charge in [0.15, 0.2) is 23.8 Å². The Hall–Kier alpha value is -16.3. The van der Waals surface area contributed by atoms with Crippen molar-refractivity contribution in [1.29, 1.82) is 21.6 Å². The molecule has 0 radical (unpaired) electrons. The zero-order chi connectivity index (χ0) is 109. The Labute approximate surface area is 846 Å². The zero-order valence-corrected chi connectivity index (χ0v) is 82.8. The quantitative estimate of drug-likeness (QED) is 0.00977. The molecule has 15 amide bonds. The lowest BCUT2D eigenvalue weighted by molar-refractivity contribution is -0.143. The highest BCUT2D eigenvalue weighted by Gasteiger charge is 2.41. The molecule has 0 aliphatic heterocycles. The lowest BCUT2D eigenvalue weighted by Gasteiger charge is -2.29. The molecule has 0 fully saturated rings. The number of benzene rings is 3. The molecule has 0 saturated carbocycles. The van der Waals surface area contributed by atoms with Gasteiger partial charge in [-0.25, -0.2) is 4.98 Å². The number of amides is 15. The Kier molecular flexibility index (Phi) is 51.3. The number of carbonyl (C=O) groups is 18. The van der Waals surface area contributed by atoms with Crippen LogP contribution in [0.5, 0.6) is 5.75 Å². The summed E-state index contributed by atoms with van der Waals surface area (Å²) in [5.41, 5.74) is 30.0. The van der Waals surface area contributed by atoms with Crippen molar-refractivity contribution in [2.24, 2.45) is 46.4 Å². The van der Waals surface area contributed by atoms with Gasteiger partial charge < -0.3 is 165 Å². The number of aromatic amines is 2. The number of carboxylic acid groups (broad SMARTS) is 3. The molecule has 5 aromatic rings. The van der Waals surface area contributed by atoms with Crippen LogP contribution in [0.15, 0.2) is 97.6 Å². The molecule has 147 heavy (non-hydrogen) atoms. The number of fused-ring (bicyclic) bond motifs is 1. The number of rotatable bonds is 66. The van der Waals surface area contributed by atoms with Crippen molar-refractivity contribution in [3.05, 3.63) is 120 Å². The van der Waals surface area contributed by atoms with Gasteiger partial charge in [0.1, 0.15) is 90.3 Å². The summed E-state index contributed by atoms with van der Waals surface area (Å²) in [5, 5.41) is 129. The number of hydrogen-bond donors (Lipinski definition) is 35. The molecule has 2 aromatic heterocycles. The van der Waals surface area contributed by atoms with Crippen LogP contribution in [0.25, 0.3) is 10.9 Å². The van der Waals surface area contributed by atoms with E-state index in [9.17, 15) is 97.5 Å². The first kappa shape index (κ1) is 121. The fourth-order valence-electron chi connectivity index (χ4n) is 15.0. The minimum atomic E-state index is -2.04. The third-order valence-corrected chi connectivity index (χ3v) is 22.9. The molecule has 16 atom stereocenters. The SMILES string of the molecule is CCC(C)C(NC(=O)C(CCCNC(=N)N)NC(=O)C(N)CCCNC(=N)N)C(=O)NC(Cc1c[nH]cn1)C(=O)NC(CO)C(=O)NC(Cc1ccc(O)cc1)C(=O)NC(CCCNC(=N)N)C(=O)NCC(=O)NC(CC(=O)O)C(=O)NC(CC(C)C)C(=O)NC(Cc1c[nH]c2ccccc12)C(=O)NC(CC(C)C)C(=O)NC(Cc1ccccc1)C(=O)NC(CCCNC(=N)N)C(=O)NC(CC(=O)O)C(=O)NC(C)C(=O)O. The molecule has 0 bridgehead atoms. The van der Waals surface area contributed by atoms with Gasteiger partial charge >= 0.3 is 17.9 Å². The summed E-state index contributed by atoms with van der Waals surface area (Å²) in [6, 6.07) is -4.10. The van der Waals surface area contributed by atoms with Gasteiger partial charge in [-0.15, -0.1) is 0 Å². The van der Waals surface area contributed by atoms with Gasteiger partial charge in [0.2, 0.25) is 88.6 Å². The predicted octanol–water partition coefficient (Wildman–Crippen LogP) is -6.66. The number of hydrogen-bond acceptors (Lipinski definition) is 26. The van der Waals surface area contributed by atoms with Crippen LogP contribution in [0.3, 0.4) is 0 Å². The maximum absolute atomic E-state index is 15.3. The van der Waals surface area contributed by atoms with E-state index in [1.807, 2.05) is 0 Å². The Bertz CT molecular complexity index is 5320. The van der Waals surface area contributed by atoms with Gasteiger partial charge in [-0.3, -0.25) is 108 Å². The first-order valence-electron chi connectivity index (χ1n) is 47.8. The molecule has 0 aliphatic rings. The number of phenolic OH excluding ortho intramolecular Hbond substituents is 1. The van der Waals surface area contributed by atoms with Crippen molar-refractivity contribution < 1.29 is 112 Å². The molecule has 0 spiro atoms. The average Bonchev–Trinajstić information content (AvgIpc) is 1.52. The first-order chi connectivity index (χ1) is 69.5. The highest BCUT2D eigenvalue weighted by atomic mass is 16.4. The number of nitrogens with one attached hydrogen (secondary N) is 25. The van der Waals surface area contributed by atoms with Crippen LogP contribution in [0, 0.1) is 39.4 Å². The average molecular weight is 2060 g/mol. The summed E-state index contributed by atoms with van der Waals surface area (Å²) < 4.78 is 0. The second-order valence-corrected chi connectivity index (χ2v) is 36.0. The highest BCUT2D eigenvalue weighted by Crippen LogP contribution is 2.22. The fraction of sp³-hybridized carbons (Fsp3) is 0.516. The van der Waals surface area contributed by atoms with Gasteiger partial charge in [-0.2, -0.15) is 0 Å². The van der Waals surface area contributed by atoms with Gasteiger partial charge in [0.25, 0.3) is 0 Å². The van der Waals surface area contributed by atoms with Crippen molar-refractivity contribution in [2.75, 3.05) is 39.3 Å². The molecule has 2 heterocycles. The Morgan fingerprint density at radius 3 is 1.22 bits per heavy atom. The van der Waals surface area contributed by atoms with E-state index < -0.39 is 259 Å². The van der Waals surface area contributed by atoms with Crippen molar-refractivity contribution in [3.8, 4) is 5.75 Å². The third kappa shape index (κ3) is 44.6. The van der Waals surface area contributed by atoms with E-state index >= 15 is 14.4 Å². The standard InChI is InChI=1S/C93H141N31O23/c1-8-49(6)74(124-78(135)61(25-17-33-107-93(101)102)113-75(132)57(94)21-14-30-104-90(95)96)88(145)122-67(39-54-43-103-46-110-54)85(142)123-70(45-125)87(144)119-65(37-52-26-28-55(126)29-27-52)82(139)114-59(23-15-31-105-91(97)98)76(133)109-44-71(127)112-68(40-72(128)129)86(143)117-63(35-48(4)5)81(138)120-66(38-53-42-108-58-22-13-12-20-56(53)58)84(141)116-62(34-47(2)3)80(137)118-64(36-51-18-10-9-11-19-51)83(140)115-60(24-16-32-106-92(99)100)77(134)121-69(41-73(130)131)79(136)111-50(7)89(146)147/h9-13,18-20,22,26-29,42-43,46-50,57,59-70,74,108,125-126H,8,14-17,21,23-25,30-41,44-45,94H2,1-7H3,(H,103,110)(H,109,133)(H,111,136)(H,112,127)(H,113,132)(H,114,139)(H,115,140)(H,116,141)(H,117,143)(H,118,137)(H,119,144)(H,120,138)(H,121,134)(H,122,145)(H,123,142)(H,124,135)(H,128,129)(H,130,131)(H,146,147)(H4,95,96,104)(H4,97,98,105)(H4,99,100,106)(H4,101,102,107). The largest absolute Gasteiger partial charge is 0.508 e. The number of carboxylic acids is 3. The summed E-state index contributed by atoms with van der Waals surface area (Å²) in [5.74, 6) is -24.0. The van der Waals surface area contributed by atoms with Gasteiger partial charge in [-0.1, -0.05) is 109 Å². The van der Waals surface area contributed by atoms with E-state index in [0.717, 1.165) is 6.92 Å².